The van der Waals surface area contributed by atoms with E-state index in [9.17, 15) is 8.42 Å². The van der Waals surface area contributed by atoms with Crippen molar-refractivity contribution in [1.82, 2.24) is 4.72 Å². The Bertz CT molecular complexity index is 583. The molecule has 0 saturated heterocycles. The largest absolute Gasteiger partial charge is 0.383 e. The Kier molecular flexibility index (Phi) is 5.73. The van der Waals surface area contributed by atoms with Crippen LogP contribution in [0.15, 0.2) is 41.3 Å². The van der Waals surface area contributed by atoms with E-state index in [0.29, 0.717) is 0 Å². The first-order valence-corrected chi connectivity index (χ1v) is 8.33. The Hall–Kier alpha value is -1.17. The van der Waals surface area contributed by atoms with Gasteiger partial charge in [0.15, 0.2) is 0 Å². The van der Waals surface area contributed by atoms with Crippen LogP contribution in [0, 0.1) is 12.3 Å². The van der Waals surface area contributed by atoms with Crippen LogP contribution < -0.4 is 4.72 Å². The Balaban J connectivity index is 3.02. The molecule has 21 heavy (non-hydrogen) atoms. The van der Waals surface area contributed by atoms with E-state index in [1.807, 2.05) is 27.7 Å². The second kappa shape index (κ2) is 6.73. The highest BCUT2D eigenvalue weighted by atomic mass is 32.2. The number of benzene rings is 1. The predicted octanol–water partition coefficient (Wildman–Crippen LogP) is 2.89. The molecule has 118 valence electrons. The molecule has 4 nitrogen and oxygen atoms in total. The summed E-state index contributed by atoms with van der Waals surface area (Å²) in [4.78, 5) is 0.246. The maximum atomic E-state index is 12.5. The molecule has 1 rings (SSSR count). The molecule has 5 heteroatoms. The van der Waals surface area contributed by atoms with Gasteiger partial charge < -0.3 is 4.74 Å². The molecule has 0 bridgehead atoms. The number of sulfonamides is 1. The lowest BCUT2D eigenvalue weighted by atomic mass is 9.84. The molecule has 0 spiro atoms. The molecule has 0 aromatic heterocycles. The highest BCUT2D eigenvalue weighted by molar-refractivity contribution is 7.89. The van der Waals surface area contributed by atoms with Crippen molar-refractivity contribution in [2.24, 2.45) is 5.41 Å². The summed E-state index contributed by atoms with van der Waals surface area (Å²) in [6, 6.07) is 6.29. The zero-order valence-electron chi connectivity index (χ0n) is 13.4. The minimum absolute atomic E-state index is 0.209. The minimum Gasteiger partial charge on any atom is -0.383 e. The van der Waals surface area contributed by atoms with Crippen molar-refractivity contribution in [3.63, 3.8) is 0 Å². The van der Waals surface area contributed by atoms with Gasteiger partial charge in [0.2, 0.25) is 10.0 Å². The van der Waals surface area contributed by atoms with Gasteiger partial charge in [-0.2, -0.15) is 0 Å². The van der Waals surface area contributed by atoms with Crippen LogP contribution >= 0.6 is 0 Å². The van der Waals surface area contributed by atoms with E-state index in [1.165, 1.54) is 0 Å². The summed E-state index contributed by atoms with van der Waals surface area (Å²) in [6.45, 7) is 12.2. The maximum absolute atomic E-state index is 12.5. The number of rotatable bonds is 6. The smallest absolute Gasteiger partial charge is 0.241 e. The van der Waals surface area contributed by atoms with Crippen LogP contribution in [0.25, 0.3) is 0 Å². The molecule has 0 amide bonds. The second-order valence-electron chi connectivity index (χ2n) is 6.22. The molecule has 1 atom stereocenters. The first kappa shape index (κ1) is 17.9. The van der Waals surface area contributed by atoms with E-state index in [2.05, 4.69) is 11.3 Å². The molecule has 0 aliphatic carbocycles. The second-order valence-corrected chi connectivity index (χ2v) is 7.93. The van der Waals surface area contributed by atoms with E-state index < -0.39 is 16.1 Å². The number of hydrogen-bond donors (Lipinski definition) is 1. The normalized spacial score (nSPS) is 14.0. The SMILES string of the molecule is C=C(C(COC)NS(=O)(=O)c1ccc(C)cc1)C(C)(C)C. The molecule has 1 N–H and O–H groups in total. The van der Waals surface area contributed by atoms with Crippen molar-refractivity contribution in [3.8, 4) is 0 Å². The van der Waals surface area contributed by atoms with E-state index >= 15 is 0 Å². The molecule has 0 saturated carbocycles. The standard InChI is InChI=1S/C16H25NO3S/c1-12-7-9-14(10-8-12)21(18,19)17-15(11-20-6)13(2)16(3,4)5/h7-10,15,17H,2,11H2,1,3-6H3. The van der Waals surface area contributed by atoms with Crippen LogP contribution in [-0.2, 0) is 14.8 Å². The van der Waals surface area contributed by atoms with Crippen LogP contribution in [0.5, 0.6) is 0 Å². The van der Waals surface area contributed by atoms with E-state index in [1.54, 1.807) is 31.4 Å². The van der Waals surface area contributed by atoms with Crippen molar-refractivity contribution in [2.45, 2.75) is 38.6 Å². The molecule has 1 aromatic carbocycles. The number of hydrogen-bond acceptors (Lipinski definition) is 3. The van der Waals surface area contributed by atoms with Crippen molar-refractivity contribution < 1.29 is 13.2 Å². The summed E-state index contributed by atoms with van der Waals surface area (Å²) in [6.07, 6.45) is 0. The third kappa shape index (κ3) is 4.95. The van der Waals surface area contributed by atoms with Crippen molar-refractivity contribution >= 4 is 10.0 Å². The number of aryl methyl sites for hydroxylation is 1. The fourth-order valence-electron chi connectivity index (χ4n) is 1.87. The van der Waals surface area contributed by atoms with Gasteiger partial charge in [0.1, 0.15) is 0 Å². The highest BCUT2D eigenvalue weighted by Crippen LogP contribution is 2.27. The third-order valence-corrected chi connectivity index (χ3v) is 4.83. The van der Waals surface area contributed by atoms with Gasteiger partial charge in [0.25, 0.3) is 0 Å². The first-order valence-electron chi connectivity index (χ1n) is 6.85. The Labute approximate surface area is 128 Å². The zero-order valence-corrected chi connectivity index (χ0v) is 14.3. The molecule has 0 radical (unpaired) electrons. The van der Waals surface area contributed by atoms with Crippen molar-refractivity contribution in [3.05, 3.63) is 42.0 Å². The quantitative estimate of drug-likeness (QED) is 0.822. The van der Waals surface area contributed by atoms with Crippen LogP contribution in [0.3, 0.4) is 0 Å². The predicted molar refractivity (Wildman–Crippen MR) is 85.8 cm³/mol. The summed E-state index contributed by atoms with van der Waals surface area (Å²) in [7, 11) is -2.05. The lowest BCUT2D eigenvalue weighted by molar-refractivity contribution is 0.178. The summed E-state index contributed by atoms with van der Waals surface area (Å²) >= 11 is 0. The van der Waals surface area contributed by atoms with E-state index in [0.717, 1.165) is 11.1 Å². The topological polar surface area (TPSA) is 55.4 Å². The molecule has 0 aliphatic rings. The lowest BCUT2D eigenvalue weighted by Gasteiger charge is -2.29. The maximum Gasteiger partial charge on any atom is 0.241 e. The van der Waals surface area contributed by atoms with Crippen LogP contribution in [-0.4, -0.2) is 28.2 Å². The number of nitrogens with one attached hydrogen (secondary N) is 1. The molecule has 0 fully saturated rings. The van der Waals surface area contributed by atoms with Gasteiger partial charge in [0, 0.05) is 7.11 Å². The van der Waals surface area contributed by atoms with Gasteiger partial charge in [0.05, 0.1) is 17.5 Å². The summed E-state index contributed by atoms with van der Waals surface area (Å²) < 4.78 is 32.7. The molecular formula is C16H25NO3S. The van der Waals surface area contributed by atoms with Crippen molar-refractivity contribution in [2.75, 3.05) is 13.7 Å². The zero-order chi connectivity index (χ0) is 16.3. The summed E-state index contributed by atoms with van der Waals surface area (Å²) in [5.41, 5.74) is 1.60. The summed E-state index contributed by atoms with van der Waals surface area (Å²) in [5, 5.41) is 0. The van der Waals surface area contributed by atoms with Crippen LogP contribution in [0.4, 0.5) is 0 Å². The van der Waals surface area contributed by atoms with E-state index in [4.69, 9.17) is 4.74 Å². The van der Waals surface area contributed by atoms with Crippen LogP contribution in [0.1, 0.15) is 26.3 Å². The van der Waals surface area contributed by atoms with Crippen LogP contribution in [0.2, 0.25) is 0 Å². The molecule has 0 heterocycles. The first-order chi connectivity index (χ1) is 9.58. The monoisotopic (exact) mass is 311 g/mol. The van der Waals surface area contributed by atoms with Gasteiger partial charge in [-0.1, -0.05) is 50.6 Å². The Morgan fingerprint density at radius 3 is 2.24 bits per heavy atom. The number of methoxy groups -OCH3 is 1. The van der Waals surface area contributed by atoms with Gasteiger partial charge in [-0.3, -0.25) is 0 Å². The van der Waals surface area contributed by atoms with E-state index in [-0.39, 0.29) is 16.9 Å². The minimum atomic E-state index is -3.59. The Morgan fingerprint density at radius 1 is 1.29 bits per heavy atom. The lowest BCUT2D eigenvalue weighted by Crippen LogP contribution is -2.42. The average Bonchev–Trinajstić information content (AvgIpc) is 2.36. The molecular weight excluding hydrogens is 286 g/mol. The number of ether oxygens (including phenoxy) is 1. The summed E-state index contributed by atoms with van der Waals surface area (Å²) in [5.74, 6) is 0. The van der Waals surface area contributed by atoms with Gasteiger partial charge >= 0.3 is 0 Å². The molecule has 1 aromatic rings. The highest BCUT2D eigenvalue weighted by Gasteiger charge is 2.28. The van der Waals surface area contributed by atoms with Gasteiger partial charge in [-0.25, -0.2) is 13.1 Å². The molecule has 1 unspecified atom stereocenters. The fraction of sp³-hybridized carbons (Fsp3) is 0.500. The molecule has 0 aliphatic heterocycles. The third-order valence-electron chi connectivity index (χ3n) is 3.35. The van der Waals surface area contributed by atoms with Gasteiger partial charge in [-0.05, 0) is 24.5 Å². The Morgan fingerprint density at radius 2 is 1.81 bits per heavy atom. The van der Waals surface area contributed by atoms with Crippen molar-refractivity contribution in [1.29, 1.82) is 0 Å². The van der Waals surface area contributed by atoms with Gasteiger partial charge in [-0.15, -0.1) is 0 Å². The average molecular weight is 311 g/mol. The fourth-order valence-corrected chi connectivity index (χ4v) is 3.08.